The molecule has 5 heteroatoms. The lowest BCUT2D eigenvalue weighted by Gasteiger charge is -2.40. The van der Waals surface area contributed by atoms with Crippen LogP contribution in [0, 0.1) is 0 Å². The number of aromatic nitrogens is 2. The molecule has 1 fully saturated rings. The van der Waals surface area contributed by atoms with Gasteiger partial charge in [-0.05, 0) is 30.9 Å². The molecule has 0 aliphatic carbocycles. The first kappa shape index (κ1) is 14.5. The number of imidazole rings is 1. The number of ether oxygens (including phenoxy) is 1. The molecule has 4 rings (SSSR count). The van der Waals surface area contributed by atoms with Crippen molar-refractivity contribution in [2.24, 2.45) is 0 Å². The van der Waals surface area contributed by atoms with E-state index in [1.807, 2.05) is 28.7 Å². The maximum absolute atomic E-state index is 12.9. The fourth-order valence-electron chi connectivity index (χ4n) is 3.82. The molecule has 1 aromatic heterocycles. The van der Waals surface area contributed by atoms with E-state index in [-0.39, 0.29) is 11.5 Å². The summed E-state index contributed by atoms with van der Waals surface area (Å²) in [7, 11) is 0. The van der Waals surface area contributed by atoms with Crippen LogP contribution in [-0.4, -0.2) is 33.4 Å². The van der Waals surface area contributed by atoms with Gasteiger partial charge in [-0.1, -0.05) is 24.3 Å². The fraction of sp³-hybridized carbons (Fsp3) is 0.444. The summed E-state index contributed by atoms with van der Waals surface area (Å²) < 4.78 is 8.08. The molecule has 0 bridgehead atoms. The van der Waals surface area contributed by atoms with E-state index in [0.29, 0.717) is 19.0 Å². The number of carbonyl (C=O) groups is 1. The lowest BCUT2D eigenvalue weighted by atomic mass is 9.85. The molecule has 1 amide bonds. The van der Waals surface area contributed by atoms with Crippen molar-refractivity contribution in [2.75, 3.05) is 13.1 Å². The van der Waals surface area contributed by atoms with Crippen LogP contribution >= 0.6 is 0 Å². The molecule has 1 atom stereocenters. The summed E-state index contributed by atoms with van der Waals surface area (Å²) in [4.78, 5) is 19.0. The van der Waals surface area contributed by atoms with Crippen molar-refractivity contribution < 1.29 is 9.53 Å². The molecule has 2 aromatic rings. The van der Waals surface area contributed by atoms with Crippen molar-refractivity contribution in [2.45, 2.75) is 38.5 Å². The first-order chi connectivity index (χ1) is 11.2. The molecule has 0 N–H and O–H groups in total. The first-order valence-electron chi connectivity index (χ1n) is 8.26. The Morgan fingerprint density at radius 2 is 2.26 bits per heavy atom. The number of fused-ring (bicyclic) bond motifs is 2. The van der Waals surface area contributed by atoms with Gasteiger partial charge in [0.15, 0.2) is 5.82 Å². The number of amides is 1. The highest BCUT2D eigenvalue weighted by Gasteiger charge is 2.44. The molecule has 120 valence electrons. The molecule has 0 saturated carbocycles. The topological polar surface area (TPSA) is 47.4 Å². The standard InChI is InChI=1S/C18H21N3O2/c1-2-20-11-9-19-16(20)17(22)21-10-5-8-18(13-21)15-7-4-3-6-14(15)12-23-18/h3-4,6-7,9,11H,2,5,8,10,12-13H2,1H3. The van der Waals surface area contributed by atoms with E-state index in [0.717, 1.165) is 25.9 Å². The molecule has 2 aliphatic heterocycles. The lowest BCUT2D eigenvalue weighted by molar-refractivity contribution is -0.0787. The fourth-order valence-corrected chi connectivity index (χ4v) is 3.82. The zero-order chi connectivity index (χ0) is 15.9. The van der Waals surface area contributed by atoms with Crippen molar-refractivity contribution in [3.8, 4) is 0 Å². The van der Waals surface area contributed by atoms with Gasteiger partial charge in [-0.25, -0.2) is 4.98 Å². The lowest BCUT2D eigenvalue weighted by Crippen LogP contribution is -2.49. The Labute approximate surface area is 135 Å². The zero-order valence-corrected chi connectivity index (χ0v) is 13.4. The van der Waals surface area contributed by atoms with Crippen LogP contribution in [0.25, 0.3) is 0 Å². The van der Waals surface area contributed by atoms with Gasteiger partial charge in [-0.3, -0.25) is 4.79 Å². The average molecular weight is 311 g/mol. The second-order valence-corrected chi connectivity index (χ2v) is 6.31. The van der Waals surface area contributed by atoms with Gasteiger partial charge in [0.2, 0.25) is 0 Å². The summed E-state index contributed by atoms with van der Waals surface area (Å²) in [6.07, 6.45) is 5.47. The van der Waals surface area contributed by atoms with E-state index in [1.54, 1.807) is 6.20 Å². The molecule has 0 radical (unpaired) electrons. The molecule has 5 nitrogen and oxygen atoms in total. The zero-order valence-electron chi connectivity index (χ0n) is 13.4. The van der Waals surface area contributed by atoms with E-state index >= 15 is 0 Å². The highest BCUT2D eigenvalue weighted by molar-refractivity contribution is 5.91. The first-order valence-corrected chi connectivity index (χ1v) is 8.26. The van der Waals surface area contributed by atoms with Crippen molar-refractivity contribution in [1.29, 1.82) is 0 Å². The minimum absolute atomic E-state index is 0.00362. The van der Waals surface area contributed by atoms with Crippen LogP contribution in [0.3, 0.4) is 0 Å². The normalized spacial score (nSPS) is 23.3. The predicted octanol–water partition coefficient (Wildman–Crippen LogP) is 2.56. The number of benzene rings is 1. The Morgan fingerprint density at radius 3 is 3.13 bits per heavy atom. The Kier molecular flexibility index (Phi) is 3.45. The number of carbonyl (C=O) groups excluding carboxylic acids is 1. The molecule has 1 spiro atoms. The number of likely N-dealkylation sites (tertiary alicyclic amines) is 1. The predicted molar refractivity (Wildman–Crippen MR) is 85.9 cm³/mol. The van der Waals surface area contributed by atoms with Gasteiger partial charge in [-0.15, -0.1) is 0 Å². The SMILES string of the molecule is CCn1ccnc1C(=O)N1CCCC2(C1)OCc1ccccc12. The quantitative estimate of drug-likeness (QED) is 0.856. The van der Waals surface area contributed by atoms with Crippen LogP contribution in [0.1, 0.15) is 41.5 Å². The Balaban J connectivity index is 1.62. The second-order valence-electron chi connectivity index (χ2n) is 6.31. The summed E-state index contributed by atoms with van der Waals surface area (Å²) in [5.74, 6) is 0.528. The monoisotopic (exact) mass is 311 g/mol. The van der Waals surface area contributed by atoms with Gasteiger partial charge in [-0.2, -0.15) is 0 Å². The summed E-state index contributed by atoms with van der Waals surface area (Å²) >= 11 is 0. The smallest absolute Gasteiger partial charge is 0.289 e. The van der Waals surface area contributed by atoms with E-state index in [2.05, 4.69) is 23.2 Å². The molecule has 1 aromatic carbocycles. The minimum Gasteiger partial charge on any atom is -0.364 e. The van der Waals surface area contributed by atoms with Gasteiger partial charge in [0.25, 0.3) is 5.91 Å². The third-order valence-corrected chi connectivity index (χ3v) is 5.00. The number of hydrogen-bond acceptors (Lipinski definition) is 3. The van der Waals surface area contributed by atoms with Crippen LogP contribution < -0.4 is 0 Å². The third kappa shape index (κ3) is 2.27. The van der Waals surface area contributed by atoms with Crippen molar-refractivity contribution in [1.82, 2.24) is 14.5 Å². The van der Waals surface area contributed by atoms with Crippen LogP contribution in [-0.2, 0) is 23.5 Å². The molecule has 2 aliphatic rings. The highest BCUT2D eigenvalue weighted by atomic mass is 16.5. The third-order valence-electron chi connectivity index (χ3n) is 5.00. The van der Waals surface area contributed by atoms with Gasteiger partial charge >= 0.3 is 0 Å². The number of rotatable bonds is 2. The molecule has 1 unspecified atom stereocenters. The van der Waals surface area contributed by atoms with Crippen LogP contribution in [0.5, 0.6) is 0 Å². The summed E-state index contributed by atoms with van der Waals surface area (Å²) in [6.45, 7) is 4.79. The Morgan fingerprint density at radius 1 is 1.39 bits per heavy atom. The Bertz CT molecular complexity index is 735. The molecule has 3 heterocycles. The van der Waals surface area contributed by atoms with Gasteiger partial charge < -0.3 is 14.2 Å². The molecule has 23 heavy (non-hydrogen) atoms. The van der Waals surface area contributed by atoms with E-state index in [9.17, 15) is 4.79 Å². The van der Waals surface area contributed by atoms with E-state index in [4.69, 9.17) is 4.74 Å². The number of piperidine rings is 1. The number of nitrogens with zero attached hydrogens (tertiary/aromatic N) is 3. The summed E-state index contributed by atoms with van der Waals surface area (Å²) in [5.41, 5.74) is 2.15. The van der Waals surface area contributed by atoms with Crippen molar-refractivity contribution in [3.05, 3.63) is 53.6 Å². The van der Waals surface area contributed by atoms with Gasteiger partial charge in [0.1, 0.15) is 5.60 Å². The summed E-state index contributed by atoms with van der Waals surface area (Å²) in [6, 6.07) is 8.36. The largest absolute Gasteiger partial charge is 0.364 e. The number of hydrogen-bond donors (Lipinski definition) is 0. The van der Waals surface area contributed by atoms with Gasteiger partial charge in [0, 0.05) is 25.5 Å². The van der Waals surface area contributed by atoms with Crippen LogP contribution in [0.4, 0.5) is 0 Å². The van der Waals surface area contributed by atoms with Crippen molar-refractivity contribution in [3.63, 3.8) is 0 Å². The maximum atomic E-state index is 12.9. The molecular formula is C18H21N3O2. The van der Waals surface area contributed by atoms with E-state index < -0.39 is 0 Å². The summed E-state index contributed by atoms with van der Waals surface area (Å²) in [5, 5.41) is 0. The minimum atomic E-state index is -0.339. The van der Waals surface area contributed by atoms with Gasteiger partial charge in [0.05, 0.1) is 13.2 Å². The second kappa shape index (κ2) is 5.49. The van der Waals surface area contributed by atoms with Crippen LogP contribution in [0.15, 0.2) is 36.7 Å². The molecular weight excluding hydrogens is 290 g/mol. The van der Waals surface area contributed by atoms with Crippen LogP contribution in [0.2, 0.25) is 0 Å². The Hall–Kier alpha value is -2.14. The van der Waals surface area contributed by atoms with E-state index in [1.165, 1.54) is 11.1 Å². The number of aryl methyl sites for hydroxylation is 1. The maximum Gasteiger partial charge on any atom is 0.289 e. The highest BCUT2D eigenvalue weighted by Crippen LogP contribution is 2.42. The molecule has 1 saturated heterocycles. The average Bonchev–Trinajstić information content (AvgIpc) is 3.20. The van der Waals surface area contributed by atoms with Crippen molar-refractivity contribution >= 4 is 5.91 Å².